The van der Waals surface area contributed by atoms with Crippen LogP contribution in [-0.4, -0.2) is 28.4 Å². The van der Waals surface area contributed by atoms with Crippen molar-refractivity contribution in [3.05, 3.63) is 84.9 Å². The summed E-state index contributed by atoms with van der Waals surface area (Å²) < 4.78 is 42.4. The van der Waals surface area contributed by atoms with Gasteiger partial charge in [-0.05, 0) is 54.6 Å². The second kappa shape index (κ2) is 7.68. The summed E-state index contributed by atoms with van der Waals surface area (Å²) >= 11 is 0. The van der Waals surface area contributed by atoms with Gasteiger partial charge in [0.25, 0.3) is 10.0 Å². The molecule has 0 aliphatic rings. The molecule has 2 N–H and O–H groups in total. The third-order valence-corrected chi connectivity index (χ3v) is 5.34. The Labute approximate surface area is 166 Å². The third kappa shape index (κ3) is 4.22. The number of rotatable bonds is 6. The summed E-state index contributed by atoms with van der Waals surface area (Å²) in [6.07, 6.45) is 3.41. The third-order valence-electron chi connectivity index (χ3n) is 3.93. The molecule has 4 aromatic rings. The van der Waals surface area contributed by atoms with Crippen LogP contribution in [0.25, 0.3) is 5.82 Å². The number of anilines is 3. The molecule has 0 spiro atoms. The standard InChI is InChI=1S/C19H15FN6O2S/c20-16-4-1-2-5-17(16)29(27,28)25-15-8-6-14(7-9-15)22-18-10-11-19(24-23-18)26-13-3-12-21-26/h1-13,25H,(H,22,23). The second-order valence-corrected chi connectivity index (χ2v) is 7.62. The van der Waals surface area contributed by atoms with Crippen molar-refractivity contribution in [2.75, 3.05) is 10.0 Å². The minimum absolute atomic E-state index is 0.305. The number of sulfonamides is 1. The van der Waals surface area contributed by atoms with Crippen LogP contribution in [0.5, 0.6) is 0 Å². The van der Waals surface area contributed by atoms with E-state index in [0.29, 0.717) is 23.0 Å². The number of halogens is 1. The highest BCUT2D eigenvalue weighted by Gasteiger charge is 2.18. The first-order chi connectivity index (χ1) is 14.0. The number of nitrogens with zero attached hydrogens (tertiary/aromatic N) is 4. The molecule has 2 aromatic heterocycles. The summed E-state index contributed by atoms with van der Waals surface area (Å²) in [5.41, 5.74) is 0.985. The van der Waals surface area contributed by atoms with Gasteiger partial charge in [-0.25, -0.2) is 17.5 Å². The molecule has 0 saturated heterocycles. The van der Waals surface area contributed by atoms with Crippen LogP contribution in [0.3, 0.4) is 0 Å². The highest BCUT2D eigenvalue weighted by atomic mass is 32.2. The van der Waals surface area contributed by atoms with E-state index in [4.69, 9.17) is 0 Å². The molecule has 10 heteroatoms. The minimum atomic E-state index is -4.02. The SMILES string of the molecule is O=S(=O)(Nc1ccc(Nc2ccc(-n3cccn3)nn2)cc1)c1ccccc1F. The molecule has 2 heterocycles. The summed E-state index contributed by atoms with van der Waals surface area (Å²) in [7, 11) is -4.02. The van der Waals surface area contributed by atoms with E-state index in [1.54, 1.807) is 59.5 Å². The van der Waals surface area contributed by atoms with Gasteiger partial charge in [-0.3, -0.25) is 4.72 Å². The Bertz CT molecular complexity index is 1210. The molecule has 0 unspecified atom stereocenters. The normalized spacial score (nSPS) is 11.2. The number of nitrogens with one attached hydrogen (secondary N) is 2. The number of benzene rings is 2. The van der Waals surface area contributed by atoms with E-state index in [2.05, 4.69) is 25.3 Å². The molecule has 4 rings (SSSR count). The van der Waals surface area contributed by atoms with E-state index in [-0.39, 0.29) is 0 Å². The monoisotopic (exact) mass is 410 g/mol. The highest BCUT2D eigenvalue weighted by Crippen LogP contribution is 2.21. The van der Waals surface area contributed by atoms with Gasteiger partial charge in [0.1, 0.15) is 10.7 Å². The fraction of sp³-hybridized carbons (Fsp3) is 0. The number of aromatic nitrogens is 4. The van der Waals surface area contributed by atoms with Gasteiger partial charge >= 0.3 is 0 Å². The summed E-state index contributed by atoms with van der Waals surface area (Å²) in [5.74, 6) is 0.287. The smallest absolute Gasteiger partial charge is 0.264 e. The molecule has 0 fully saturated rings. The lowest BCUT2D eigenvalue weighted by Gasteiger charge is -2.10. The van der Waals surface area contributed by atoms with Gasteiger partial charge in [0, 0.05) is 23.8 Å². The van der Waals surface area contributed by atoms with Crippen molar-refractivity contribution in [1.82, 2.24) is 20.0 Å². The predicted molar refractivity (Wildman–Crippen MR) is 106 cm³/mol. The van der Waals surface area contributed by atoms with E-state index in [0.717, 1.165) is 6.07 Å². The van der Waals surface area contributed by atoms with Gasteiger partial charge in [0.15, 0.2) is 11.6 Å². The van der Waals surface area contributed by atoms with Crippen LogP contribution in [0.1, 0.15) is 0 Å². The molecule has 0 saturated carbocycles. The zero-order valence-corrected chi connectivity index (χ0v) is 15.7. The molecule has 2 aromatic carbocycles. The average Bonchev–Trinajstić information content (AvgIpc) is 3.25. The quantitative estimate of drug-likeness (QED) is 0.505. The average molecular weight is 410 g/mol. The molecule has 29 heavy (non-hydrogen) atoms. The van der Waals surface area contributed by atoms with Gasteiger partial charge in [0.2, 0.25) is 0 Å². The van der Waals surface area contributed by atoms with Crippen molar-refractivity contribution < 1.29 is 12.8 Å². The van der Waals surface area contributed by atoms with E-state index < -0.39 is 20.7 Å². The van der Waals surface area contributed by atoms with Crippen molar-refractivity contribution in [1.29, 1.82) is 0 Å². The maximum Gasteiger partial charge on any atom is 0.264 e. The summed E-state index contributed by atoms with van der Waals surface area (Å²) in [5, 5.41) is 15.3. The lowest BCUT2D eigenvalue weighted by Crippen LogP contribution is -2.14. The fourth-order valence-electron chi connectivity index (χ4n) is 2.56. The van der Waals surface area contributed by atoms with Crippen LogP contribution < -0.4 is 10.0 Å². The first-order valence-corrected chi connectivity index (χ1v) is 9.98. The summed E-state index contributed by atoms with van der Waals surface area (Å²) in [4.78, 5) is -0.408. The topological polar surface area (TPSA) is 102 Å². The van der Waals surface area contributed by atoms with Crippen molar-refractivity contribution >= 4 is 27.2 Å². The first kappa shape index (κ1) is 18.6. The molecule has 0 aliphatic carbocycles. The molecule has 146 valence electrons. The predicted octanol–water partition coefficient (Wildman–Crippen LogP) is 3.35. The largest absolute Gasteiger partial charge is 0.339 e. The van der Waals surface area contributed by atoms with Gasteiger partial charge in [-0.15, -0.1) is 10.2 Å². The first-order valence-electron chi connectivity index (χ1n) is 8.49. The lowest BCUT2D eigenvalue weighted by atomic mass is 10.3. The Morgan fingerprint density at radius 3 is 2.28 bits per heavy atom. The molecule has 8 nitrogen and oxygen atoms in total. The molecule has 0 bridgehead atoms. The second-order valence-electron chi connectivity index (χ2n) is 5.97. The van der Waals surface area contributed by atoms with E-state index >= 15 is 0 Å². The summed E-state index contributed by atoms with van der Waals surface area (Å²) in [6.45, 7) is 0. The van der Waals surface area contributed by atoms with E-state index in [1.807, 2.05) is 0 Å². The van der Waals surface area contributed by atoms with Crippen LogP contribution in [0.2, 0.25) is 0 Å². The van der Waals surface area contributed by atoms with Crippen molar-refractivity contribution in [2.24, 2.45) is 0 Å². The molecule has 0 aliphatic heterocycles. The maximum absolute atomic E-state index is 13.8. The van der Waals surface area contributed by atoms with Crippen LogP contribution in [0.4, 0.5) is 21.6 Å². The maximum atomic E-state index is 13.8. The van der Waals surface area contributed by atoms with Gasteiger partial charge in [0.05, 0.1) is 0 Å². The highest BCUT2D eigenvalue weighted by molar-refractivity contribution is 7.92. The molecule has 0 radical (unpaired) electrons. The number of hydrogen-bond acceptors (Lipinski definition) is 6. The number of hydrogen-bond donors (Lipinski definition) is 2. The minimum Gasteiger partial charge on any atom is -0.339 e. The molecule has 0 amide bonds. The van der Waals surface area contributed by atoms with Crippen molar-refractivity contribution in [3.63, 3.8) is 0 Å². The van der Waals surface area contributed by atoms with Crippen LogP contribution in [-0.2, 0) is 10.0 Å². The zero-order valence-electron chi connectivity index (χ0n) is 14.9. The fourth-order valence-corrected chi connectivity index (χ4v) is 3.70. The zero-order chi connectivity index (χ0) is 20.3. The van der Waals surface area contributed by atoms with E-state index in [1.165, 1.54) is 18.2 Å². The lowest BCUT2D eigenvalue weighted by molar-refractivity contribution is 0.570. The van der Waals surface area contributed by atoms with Gasteiger partial charge < -0.3 is 5.32 Å². The summed E-state index contributed by atoms with van der Waals surface area (Å²) in [6, 6.07) is 17.0. The van der Waals surface area contributed by atoms with Crippen LogP contribution in [0, 0.1) is 5.82 Å². The van der Waals surface area contributed by atoms with Crippen LogP contribution in [0.15, 0.2) is 84.0 Å². The Balaban J connectivity index is 1.45. The van der Waals surface area contributed by atoms with Gasteiger partial charge in [-0.1, -0.05) is 12.1 Å². The Hall–Kier alpha value is -3.79. The van der Waals surface area contributed by atoms with E-state index in [9.17, 15) is 12.8 Å². The van der Waals surface area contributed by atoms with Crippen molar-refractivity contribution in [2.45, 2.75) is 4.90 Å². The molecular formula is C19H15FN6O2S. The van der Waals surface area contributed by atoms with Gasteiger partial charge in [-0.2, -0.15) is 5.10 Å². The van der Waals surface area contributed by atoms with Crippen molar-refractivity contribution in [3.8, 4) is 5.82 Å². The Morgan fingerprint density at radius 2 is 1.62 bits per heavy atom. The molecule has 0 atom stereocenters. The van der Waals surface area contributed by atoms with Crippen LogP contribution >= 0.6 is 0 Å². The Morgan fingerprint density at radius 1 is 0.862 bits per heavy atom. The molecular weight excluding hydrogens is 395 g/mol. The Kier molecular flexibility index (Phi) is 4.92.